The lowest BCUT2D eigenvalue weighted by atomic mass is 10.4. The minimum atomic E-state index is 0.431. The maximum absolute atomic E-state index is 4.32. The fourth-order valence-corrected chi connectivity index (χ4v) is 1.95. The minimum absolute atomic E-state index is 0.431. The van der Waals surface area contributed by atoms with Gasteiger partial charge in [0.25, 0.3) is 0 Å². The molecule has 0 aliphatic carbocycles. The van der Waals surface area contributed by atoms with Crippen LogP contribution >= 0.6 is 23.3 Å². The molecule has 3 nitrogen and oxygen atoms in total. The highest BCUT2D eigenvalue weighted by Gasteiger charge is 2.03. The van der Waals surface area contributed by atoms with Crippen molar-refractivity contribution in [3.63, 3.8) is 0 Å². The Balaban J connectivity index is 2.52. The smallest absolute Gasteiger partial charge is 0.202 e. The molecule has 0 amide bonds. The van der Waals surface area contributed by atoms with E-state index in [2.05, 4.69) is 34.8 Å². The highest BCUT2D eigenvalue weighted by atomic mass is 32.2. The third-order valence-electron chi connectivity index (χ3n) is 1.15. The Morgan fingerprint density at radius 3 is 2.92 bits per heavy atom. The molecule has 1 aromatic heterocycles. The second-order valence-electron chi connectivity index (χ2n) is 2.75. The maximum Gasteiger partial charge on any atom is 0.202 e. The zero-order valence-electron chi connectivity index (χ0n) is 7.50. The Morgan fingerprint density at radius 2 is 2.33 bits per heavy atom. The summed E-state index contributed by atoms with van der Waals surface area (Å²) in [4.78, 5) is 4.32. The van der Waals surface area contributed by atoms with Gasteiger partial charge in [0, 0.05) is 17.6 Å². The SMILES string of the molecule is CSCc1nsc(NC(C)C)n1. The molecule has 0 atom stereocenters. The van der Waals surface area contributed by atoms with Crippen molar-refractivity contribution in [2.75, 3.05) is 11.6 Å². The van der Waals surface area contributed by atoms with Gasteiger partial charge in [-0.1, -0.05) is 0 Å². The Labute approximate surface area is 81.1 Å². The fraction of sp³-hybridized carbons (Fsp3) is 0.714. The number of nitrogens with zero attached hydrogens (tertiary/aromatic N) is 2. The van der Waals surface area contributed by atoms with Crippen LogP contribution in [0.5, 0.6) is 0 Å². The van der Waals surface area contributed by atoms with Crippen LogP contribution in [0.3, 0.4) is 0 Å². The highest BCUT2D eigenvalue weighted by Crippen LogP contribution is 2.14. The van der Waals surface area contributed by atoms with E-state index < -0.39 is 0 Å². The van der Waals surface area contributed by atoms with Gasteiger partial charge in [-0.05, 0) is 20.1 Å². The Kier molecular flexibility index (Phi) is 3.81. The Hall–Kier alpha value is -0.290. The quantitative estimate of drug-likeness (QED) is 0.814. The largest absolute Gasteiger partial charge is 0.358 e. The van der Waals surface area contributed by atoms with Crippen molar-refractivity contribution >= 4 is 28.4 Å². The standard InChI is InChI=1S/C7H13N3S2/c1-5(2)8-7-9-6(4-11-3)10-12-7/h5H,4H2,1-3H3,(H,8,9,10). The Bertz CT molecular complexity index is 234. The third-order valence-corrected chi connectivity index (χ3v) is 2.38. The van der Waals surface area contributed by atoms with Gasteiger partial charge in [0.1, 0.15) is 0 Å². The molecular weight excluding hydrogens is 190 g/mol. The predicted octanol–water partition coefficient (Wildman–Crippen LogP) is 2.22. The van der Waals surface area contributed by atoms with Gasteiger partial charge in [-0.15, -0.1) is 0 Å². The molecular formula is C7H13N3S2. The zero-order chi connectivity index (χ0) is 8.97. The number of thioether (sulfide) groups is 1. The van der Waals surface area contributed by atoms with Crippen LogP contribution in [0, 0.1) is 0 Å². The molecule has 12 heavy (non-hydrogen) atoms. The highest BCUT2D eigenvalue weighted by molar-refractivity contribution is 7.97. The summed E-state index contributed by atoms with van der Waals surface area (Å²) in [5.41, 5.74) is 0. The van der Waals surface area contributed by atoms with Crippen molar-refractivity contribution in [2.24, 2.45) is 0 Å². The van der Waals surface area contributed by atoms with Crippen molar-refractivity contribution < 1.29 is 0 Å². The van der Waals surface area contributed by atoms with Crippen molar-refractivity contribution in [3.8, 4) is 0 Å². The first-order valence-electron chi connectivity index (χ1n) is 3.80. The van der Waals surface area contributed by atoms with Crippen molar-refractivity contribution in [1.29, 1.82) is 0 Å². The minimum Gasteiger partial charge on any atom is -0.358 e. The summed E-state index contributed by atoms with van der Waals surface area (Å²) in [5.74, 6) is 1.83. The summed E-state index contributed by atoms with van der Waals surface area (Å²) in [6, 6.07) is 0.431. The molecule has 1 rings (SSSR count). The van der Waals surface area contributed by atoms with Gasteiger partial charge in [0.05, 0.1) is 5.75 Å². The number of nitrogens with one attached hydrogen (secondary N) is 1. The molecule has 0 aliphatic heterocycles. The average molecular weight is 203 g/mol. The summed E-state index contributed by atoms with van der Waals surface area (Å²) in [6.45, 7) is 4.19. The lowest BCUT2D eigenvalue weighted by Crippen LogP contribution is -2.09. The summed E-state index contributed by atoms with van der Waals surface area (Å²) in [5, 5.41) is 4.14. The second-order valence-corrected chi connectivity index (χ2v) is 4.37. The van der Waals surface area contributed by atoms with Crippen LogP contribution in [-0.4, -0.2) is 21.7 Å². The fourth-order valence-electron chi connectivity index (χ4n) is 0.747. The average Bonchev–Trinajstić information content (AvgIpc) is 2.36. The van der Waals surface area contributed by atoms with Gasteiger partial charge >= 0.3 is 0 Å². The molecule has 68 valence electrons. The molecule has 1 aromatic rings. The summed E-state index contributed by atoms with van der Waals surface area (Å²) >= 11 is 3.17. The number of rotatable bonds is 4. The van der Waals surface area contributed by atoms with Gasteiger partial charge in [0.15, 0.2) is 5.82 Å². The second kappa shape index (κ2) is 4.67. The summed E-state index contributed by atoms with van der Waals surface area (Å²) in [6.07, 6.45) is 2.05. The number of anilines is 1. The maximum atomic E-state index is 4.32. The number of hydrogen-bond donors (Lipinski definition) is 1. The van der Waals surface area contributed by atoms with Crippen LogP contribution < -0.4 is 5.32 Å². The predicted molar refractivity (Wildman–Crippen MR) is 55.9 cm³/mol. The van der Waals surface area contributed by atoms with E-state index in [4.69, 9.17) is 0 Å². The van der Waals surface area contributed by atoms with Gasteiger partial charge < -0.3 is 5.32 Å². The van der Waals surface area contributed by atoms with Crippen LogP contribution in [0.4, 0.5) is 5.13 Å². The van der Waals surface area contributed by atoms with E-state index in [0.717, 1.165) is 16.7 Å². The Morgan fingerprint density at radius 1 is 1.58 bits per heavy atom. The van der Waals surface area contributed by atoms with Crippen LogP contribution in [0.15, 0.2) is 0 Å². The first kappa shape index (κ1) is 9.80. The van der Waals surface area contributed by atoms with Crippen molar-refractivity contribution in [3.05, 3.63) is 5.82 Å². The molecule has 0 spiro atoms. The van der Waals surface area contributed by atoms with Crippen LogP contribution in [-0.2, 0) is 5.75 Å². The number of hydrogen-bond acceptors (Lipinski definition) is 5. The molecule has 1 N–H and O–H groups in total. The third kappa shape index (κ3) is 2.98. The van der Waals surface area contributed by atoms with E-state index in [-0.39, 0.29) is 0 Å². The molecule has 0 fully saturated rings. The van der Waals surface area contributed by atoms with E-state index in [9.17, 15) is 0 Å². The lowest BCUT2D eigenvalue weighted by Gasteiger charge is -2.03. The summed E-state index contributed by atoms with van der Waals surface area (Å²) in [7, 11) is 0. The van der Waals surface area contributed by atoms with E-state index >= 15 is 0 Å². The molecule has 0 aliphatic rings. The normalized spacial score (nSPS) is 10.7. The van der Waals surface area contributed by atoms with Crippen molar-refractivity contribution in [2.45, 2.75) is 25.6 Å². The first-order valence-corrected chi connectivity index (χ1v) is 5.97. The van der Waals surface area contributed by atoms with E-state index in [1.165, 1.54) is 11.5 Å². The summed E-state index contributed by atoms with van der Waals surface area (Å²) < 4.78 is 4.21. The molecule has 0 aromatic carbocycles. The van der Waals surface area contributed by atoms with Crippen molar-refractivity contribution in [1.82, 2.24) is 9.36 Å². The lowest BCUT2D eigenvalue weighted by molar-refractivity contribution is 0.894. The van der Waals surface area contributed by atoms with Crippen LogP contribution in [0.2, 0.25) is 0 Å². The molecule has 0 saturated heterocycles. The van der Waals surface area contributed by atoms with Crippen LogP contribution in [0.25, 0.3) is 0 Å². The number of aromatic nitrogens is 2. The molecule has 0 unspecified atom stereocenters. The zero-order valence-corrected chi connectivity index (χ0v) is 9.13. The first-order chi connectivity index (χ1) is 5.72. The monoisotopic (exact) mass is 203 g/mol. The van der Waals surface area contributed by atoms with Gasteiger partial charge in [0.2, 0.25) is 5.13 Å². The van der Waals surface area contributed by atoms with Gasteiger partial charge in [-0.2, -0.15) is 16.1 Å². The van der Waals surface area contributed by atoms with E-state index in [1.807, 2.05) is 0 Å². The molecule has 1 heterocycles. The molecule has 0 radical (unpaired) electrons. The van der Waals surface area contributed by atoms with Gasteiger partial charge in [-0.3, -0.25) is 0 Å². The molecule has 0 bridgehead atoms. The molecule has 5 heteroatoms. The molecule has 0 saturated carbocycles. The topological polar surface area (TPSA) is 37.8 Å². The van der Waals surface area contributed by atoms with E-state index in [1.54, 1.807) is 11.8 Å². The van der Waals surface area contributed by atoms with Gasteiger partial charge in [-0.25, -0.2) is 4.98 Å². The van der Waals surface area contributed by atoms with E-state index in [0.29, 0.717) is 6.04 Å². The van der Waals surface area contributed by atoms with Crippen LogP contribution in [0.1, 0.15) is 19.7 Å².